The maximum Gasteiger partial charge on any atom is 0.339 e. The highest BCUT2D eigenvalue weighted by Crippen LogP contribution is 2.32. The first-order chi connectivity index (χ1) is 6.76. The minimum atomic E-state index is -0.549. The van der Waals surface area contributed by atoms with Crippen LogP contribution in [-0.2, 0) is 4.74 Å². The SMILES string of the molecule is COc1ccc2c(c1)C(CO)OC2=O. The number of ether oxygens (including phenoxy) is 2. The molecule has 1 aromatic carbocycles. The number of aliphatic hydroxyl groups is 1. The molecule has 0 saturated heterocycles. The standard InChI is InChI=1S/C10H10O4/c1-13-6-2-3-7-8(4-6)9(5-11)14-10(7)12/h2-4,9,11H,5H2,1H3. The fourth-order valence-corrected chi connectivity index (χ4v) is 1.51. The quantitative estimate of drug-likeness (QED) is 0.710. The fraction of sp³-hybridized carbons (Fsp3) is 0.300. The second-order valence-electron chi connectivity index (χ2n) is 3.03. The van der Waals surface area contributed by atoms with Gasteiger partial charge in [-0.15, -0.1) is 0 Å². The van der Waals surface area contributed by atoms with E-state index >= 15 is 0 Å². The zero-order valence-electron chi connectivity index (χ0n) is 7.69. The Hall–Kier alpha value is -1.55. The van der Waals surface area contributed by atoms with E-state index in [9.17, 15) is 4.79 Å². The largest absolute Gasteiger partial charge is 0.497 e. The number of benzene rings is 1. The highest BCUT2D eigenvalue weighted by atomic mass is 16.6. The minimum Gasteiger partial charge on any atom is -0.497 e. The van der Waals surface area contributed by atoms with Crippen LogP contribution >= 0.6 is 0 Å². The number of fused-ring (bicyclic) bond motifs is 1. The number of methoxy groups -OCH3 is 1. The molecule has 2 rings (SSSR count). The van der Waals surface area contributed by atoms with Gasteiger partial charge in [0, 0.05) is 5.56 Å². The Morgan fingerprint density at radius 1 is 1.57 bits per heavy atom. The zero-order valence-corrected chi connectivity index (χ0v) is 7.69. The lowest BCUT2D eigenvalue weighted by atomic mass is 10.1. The molecule has 1 heterocycles. The van der Waals surface area contributed by atoms with Gasteiger partial charge in [-0.1, -0.05) is 0 Å². The topological polar surface area (TPSA) is 55.8 Å². The summed E-state index contributed by atoms with van der Waals surface area (Å²) in [5.74, 6) is 0.266. The van der Waals surface area contributed by atoms with Crippen molar-refractivity contribution in [2.24, 2.45) is 0 Å². The van der Waals surface area contributed by atoms with Crippen LogP contribution in [0.2, 0.25) is 0 Å². The molecule has 0 spiro atoms. The predicted molar refractivity (Wildman–Crippen MR) is 48.2 cm³/mol. The van der Waals surface area contributed by atoms with Gasteiger partial charge in [-0.2, -0.15) is 0 Å². The molecule has 0 fully saturated rings. The van der Waals surface area contributed by atoms with E-state index in [-0.39, 0.29) is 12.6 Å². The Bertz CT molecular complexity index is 372. The summed E-state index contributed by atoms with van der Waals surface area (Å²) in [6, 6.07) is 5.05. The Labute approximate surface area is 81.1 Å². The van der Waals surface area contributed by atoms with E-state index in [1.165, 1.54) is 0 Å². The average molecular weight is 194 g/mol. The first-order valence-corrected chi connectivity index (χ1v) is 4.26. The normalized spacial score (nSPS) is 19.0. The molecule has 4 nitrogen and oxygen atoms in total. The molecule has 1 atom stereocenters. The smallest absolute Gasteiger partial charge is 0.339 e. The molecule has 74 valence electrons. The lowest BCUT2D eigenvalue weighted by Crippen LogP contribution is -2.02. The maximum absolute atomic E-state index is 11.3. The van der Waals surface area contributed by atoms with Crippen molar-refractivity contribution in [1.82, 2.24) is 0 Å². The van der Waals surface area contributed by atoms with Gasteiger partial charge in [-0.25, -0.2) is 4.79 Å². The van der Waals surface area contributed by atoms with Crippen LogP contribution in [0.5, 0.6) is 5.75 Å². The molecule has 0 aliphatic carbocycles. The molecule has 1 unspecified atom stereocenters. The molecule has 0 saturated carbocycles. The minimum absolute atomic E-state index is 0.202. The van der Waals surface area contributed by atoms with Crippen LogP contribution in [0, 0.1) is 0 Å². The molecule has 4 heteroatoms. The molecule has 14 heavy (non-hydrogen) atoms. The summed E-state index contributed by atoms with van der Waals surface area (Å²) in [5, 5.41) is 8.98. The maximum atomic E-state index is 11.3. The second-order valence-corrected chi connectivity index (χ2v) is 3.03. The van der Waals surface area contributed by atoms with Crippen molar-refractivity contribution in [1.29, 1.82) is 0 Å². The van der Waals surface area contributed by atoms with Crippen molar-refractivity contribution >= 4 is 5.97 Å². The second kappa shape index (κ2) is 3.31. The number of rotatable bonds is 2. The highest BCUT2D eigenvalue weighted by Gasteiger charge is 2.30. The third kappa shape index (κ3) is 1.24. The van der Waals surface area contributed by atoms with Gasteiger partial charge in [0.2, 0.25) is 0 Å². The number of hydrogen-bond acceptors (Lipinski definition) is 4. The molecule has 0 radical (unpaired) electrons. The predicted octanol–water partition coefficient (Wildman–Crippen LogP) is 0.899. The van der Waals surface area contributed by atoms with Crippen molar-refractivity contribution < 1.29 is 19.4 Å². The Morgan fingerprint density at radius 3 is 3.00 bits per heavy atom. The van der Waals surface area contributed by atoms with Crippen LogP contribution < -0.4 is 4.74 Å². The summed E-state index contributed by atoms with van der Waals surface area (Å²) in [4.78, 5) is 11.3. The van der Waals surface area contributed by atoms with Gasteiger partial charge in [0.15, 0.2) is 6.10 Å². The molecule has 0 bridgehead atoms. The Morgan fingerprint density at radius 2 is 2.36 bits per heavy atom. The number of carbonyl (C=O) groups excluding carboxylic acids is 1. The van der Waals surface area contributed by atoms with E-state index in [0.29, 0.717) is 16.9 Å². The van der Waals surface area contributed by atoms with Gasteiger partial charge < -0.3 is 14.6 Å². The van der Waals surface area contributed by atoms with E-state index in [0.717, 1.165) is 0 Å². The van der Waals surface area contributed by atoms with E-state index in [4.69, 9.17) is 14.6 Å². The van der Waals surface area contributed by atoms with Gasteiger partial charge in [0.05, 0.1) is 19.3 Å². The van der Waals surface area contributed by atoms with Gasteiger partial charge in [0.25, 0.3) is 0 Å². The summed E-state index contributed by atoms with van der Waals surface area (Å²) < 4.78 is 9.95. The molecular formula is C10H10O4. The summed E-state index contributed by atoms with van der Waals surface area (Å²) in [5.41, 5.74) is 1.20. The highest BCUT2D eigenvalue weighted by molar-refractivity contribution is 5.94. The van der Waals surface area contributed by atoms with E-state index in [1.807, 2.05) is 0 Å². The molecule has 1 aliphatic rings. The first kappa shape index (κ1) is 9.02. The van der Waals surface area contributed by atoms with Crippen molar-refractivity contribution in [2.45, 2.75) is 6.10 Å². The van der Waals surface area contributed by atoms with E-state index in [2.05, 4.69) is 0 Å². The number of carbonyl (C=O) groups is 1. The Balaban J connectivity index is 2.47. The first-order valence-electron chi connectivity index (χ1n) is 4.26. The summed E-state index contributed by atoms with van der Waals surface area (Å²) in [7, 11) is 1.55. The van der Waals surface area contributed by atoms with Crippen molar-refractivity contribution in [3.63, 3.8) is 0 Å². The fourth-order valence-electron chi connectivity index (χ4n) is 1.51. The molecule has 0 amide bonds. The molecule has 1 aromatic rings. The van der Waals surface area contributed by atoms with Gasteiger partial charge in [-0.05, 0) is 18.2 Å². The van der Waals surface area contributed by atoms with Crippen LogP contribution in [0.3, 0.4) is 0 Å². The summed E-state index contributed by atoms with van der Waals surface area (Å²) in [6.07, 6.45) is -0.549. The third-order valence-corrected chi connectivity index (χ3v) is 2.24. The lowest BCUT2D eigenvalue weighted by Gasteiger charge is -2.06. The van der Waals surface area contributed by atoms with E-state index in [1.54, 1.807) is 25.3 Å². The molecule has 1 N–H and O–H groups in total. The third-order valence-electron chi connectivity index (χ3n) is 2.24. The lowest BCUT2D eigenvalue weighted by molar-refractivity contribution is 0.0235. The van der Waals surface area contributed by atoms with Crippen LogP contribution in [0.1, 0.15) is 22.0 Å². The monoisotopic (exact) mass is 194 g/mol. The van der Waals surface area contributed by atoms with Gasteiger partial charge in [-0.3, -0.25) is 0 Å². The average Bonchev–Trinajstić information content (AvgIpc) is 2.55. The molecule has 0 aromatic heterocycles. The van der Waals surface area contributed by atoms with Crippen molar-refractivity contribution in [3.8, 4) is 5.75 Å². The van der Waals surface area contributed by atoms with Crippen LogP contribution in [-0.4, -0.2) is 24.8 Å². The van der Waals surface area contributed by atoms with Crippen LogP contribution in [0.4, 0.5) is 0 Å². The van der Waals surface area contributed by atoms with Gasteiger partial charge in [0.1, 0.15) is 5.75 Å². The van der Waals surface area contributed by atoms with E-state index < -0.39 is 6.10 Å². The summed E-state index contributed by atoms with van der Waals surface area (Å²) in [6.45, 7) is -0.202. The summed E-state index contributed by atoms with van der Waals surface area (Å²) >= 11 is 0. The Kier molecular flexibility index (Phi) is 2.13. The molecule has 1 aliphatic heterocycles. The van der Waals surface area contributed by atoms with Gasteiger partial charge >= 0.3 is 5.97 Å². The van der Waals surface area contributed by atoms with Crippen molar-refractivity contribution in [2.75, 3.05) is 13.7 Å². The zero-order chi connectivity index (χ0) is 10.1. The molecular weight excluding hydrogens is 184 g/mol. The number of esters is 1. The van der Waals surface area contributed by atoms with Crippen LogP contribution in [0.15, 0.2) is 18.2 Å². The number of cyclic esters (lactones) is 1. The number of aliphatic hydroxyl groups excluding tert-OH is 1. The number of hydrogen-bond donors (Lipinski definition) is 1. The van der Waals surface area contributed by atoms with Crippen LogP contribution in [0.25, 0.3) is 0 Å². The van der Waals surface area contributed by atoms with Crippen molar-refractivity contribution in [3.05, 3.63) is 29.3 Å².